The Kier molecular flexibility index (Phi) is 2.44. The molecule has 3 heterocycles. The van der Waals surface area contributed by atoms with Gasteiger partial charge in [0.05, 0.1) is 5.69 Å². The lowest BCUT2D eigenvalue weighted by atomic mass is 10.2. The summed E-state index contributed by atoms with van der Waals surface area (Å²) in [6, 6.07) is 0.467. The van der Waals surface area contributed by atoms with Crippen molar-refractivity contribution >= 4 is 16.9 Å². The van der Waals surface area contributed by atoms with E-state index in [-0.39, 0.29) is 0 Å². The number of hydrogen-bond donors (Lipinski definition) is 1. The minimum Gasteiger partial charge on any atom is -0.353 e. The highest BCUT2D eigenvalue weighted by atomic mass is 16.5. The lowest BCUT2D eigenvalue weighted by Crippen LogP contribution is -2.49. The van der Waals surface area contributed by atoms with E-state index in [1.807, 2.05) is 6.92 Å². The van der Waals surface area contributed by atoms with Crippen molar-refractivity contribution in [2.45, 2.75) is 19.9 Å². The standard InChI is InChI=1S/C11H15N5O/c1-7-5-16(4-3-12-7)10-9-8(2)15-17-11(9)14-6-13-10/h6-7,12H,3-5H2,1-2H3/t7-/m0/s1. The second-order valence-electron chi connectivity index (χ2n) is 4.45. The molecule has 90 valence electrons. The van der Waals surface area contributed by atoms with E-state index in [9.17, 15) is 0 Å². The number of nitrogens with one attached hydrogen (secondary N) is 1. The van der Waals surface area contributed by atoms with Crippen molar-refractivity contribution in [3.05, 3.63) is 12.0 Å². The summed E-state index contributed by atoms with van der Waals surface area (Å²) < 4.78 is 5.16. The van der Waals surface area contributed by atoms with Crippen molar-refractivity contribution in [1.82, 2.24) is 20.4 Å². The Hall–Kier alpha value is -1.69. The predicted molar refractivity (Wildman–Crippen MR) is 64.0 cm³/mol. The Morgan fingerprint density at radius 1 is 1.47 bits per heavy atom. The van der Waals surface area contributed by atoms with Crippen LogP contribution in [-0.4, -0.2) is 40.8 Å². The molecule has 0 aromatic carbocycles. The summed E-state index contributed by atoms with van der Waals surface area (Å²) in [5.74, 6) is 0.933. The van der Waals surface area contributed by atoms with Gasteiger partial charge in [-0.2, -0.15) is 4.98 Å². The molecule has 1 aliphatic rings. The first kappa shape index (κ1) is 10.5. The molecule has 1 atom stereocenters. The van der Waals surface area contributed by atoms with Crippen LogP contribution in [0.15, 0.2) is 10.9 Å². The molecular weight excluding hydrogens is 218 g/mol. The third-order valence-electron chi connectivity index (χ3n) is 3.09. The van der Waals surface area contributed by atoms with Crippen LogP contribution >= 0.6 is 0 Å². The molecule has 0 bridgehead atoms. The van der Waals surface area contributed by atoms with Crippen LogP contribution in [0, 0.1) is 6.92 Å². The molecule has 1 saturated heterocycles. The average molecular weight is 233 g/mol. The van der Waals surface area contributed by atoms with Gasteiger partial charge in [0.1, 0.15) is 17.5 Å². The molecule has 0 aliphatic carbocycles. The van der Waals surface area contributed by atoms with Gasteiger partial charge < -0.3 is 14.7 Å². The number of rotatable bonds is 1. The van der Waals surface area contributed by atoms with Gasteiger partial charge in [-0.3, -0.25) is 0 Å². The molecule has 1 N–H and O–H groups in total. The Labute approximate surface area is 99.0 Å². The average Bonchev–Trinajstić information content (AvgIpc) is 2.71. The summed E-state index contributed by atoms with van der Waals surface area (Å²) in [6.07, 6.45) is 1.54. The number of piperazine rings is 1. The molecule has 1 fully saturated rings. The molecule has 0 radical (unpaired) electrons. The van der Waals surface area contributed by atoms with Crippen LogP contribution in [0.3, 0.4) is 0 Å². The SMILES string of the molecule is Cc1noc2ncnc(N3CCN[C@@H](C)C3)c12. The van der Waals surface area contributed by atoms with Crippen LogP contribution < -0.4 is 10.2 Å². The summed E-state index contributed by atoms with van der Waals surface area (Å²) in [6.45, 7) is 6.95. The second-order valence-corrected chi connectivity index (χ2v) is 4.45. The van der Waals surface area contributed by atoms with Crippen molar-refractivity contribution in [3.63, 3.8) is 0 Å². The fraction of sp³-hybridized carbons (Fsp3) is 0.545. The Bertz CT molecular complexity index is 538. The molecule has 3 rings (SSSR count). The Morgan fingerprint density at radius 3 is 3.18 bits per heavy atom. The third-order valence-corrected chi connectivity index (χ3v) is 3.09. The largest absolute Gasteiger partial charge is 0.353 e. The number of aromatic nitrogens is 3. The predicted octanol–water partition coefficient (Wildman–Crippen LogP) is 0.724. The van der Waals surface area contributed by atoms with Crippen molar-refractivity contribution in [1.29, 1.82) is 0 Å². The zero-order valence-corrected chi connectivity index (χ0v) is 9.97. The molecule has 1 aliphatic heterocycles. The molecule has 0 saturated carbocycles. The molecule has 6 nitrogen and oxygen atoms in total. The number of fused-ring (bicyclic) bond motifs is 1. The summed E-state index contributed by atoms with van der Waals surface area (Å²) >= 11 is 0. The molecule has 2 aromatic heterocycles. The van der Waals surface area contributed by atoms with E-state index >= 15 is 0 Å². The van der Waals surface area contributed by atoms with E-state index in [0.717, 1.165) is 36.5 Å². The van der Waals surface area contributed by atoms with Crippen molar-refractivity contribution < 1.29 is 4.52 Å². The van der Waals surface area contributed by atoms with E-state index in [1.165, 1.54) is 6.33 Å². The third kappa shape index (κ3) is 1.74. The quantitative estimate of drug-likeness (QED) is 0.783. The van der Waals surface area contributed by atoms with E-state index in [1.54, 1.807) is 0 Å². The first-order valence-corrected chi connectivity index (χ1v) is 5.81. The van der Waals surface area contributed by atoms with Crippen LogP contribution in [0.2, 0.25) is 0 Å². The maximum atomic E-state index is 5.16. The van der Waals surface area contributed by atoms with E-state index in [0.29, 0.717) is 11.8 Å². The van der Waals surface area contributed by atoms with E-state index < -0.39 is 0 Å². The zero-order valence-electron chi connectivity index (χ0n) is 9.97. The van der Waals surface area contributed by atoms with Gasteiger partial charge in [-0.15, -0.1) is 0 Å². The minimum absolute atomic E-state index is 0.467. The van der Waals surface area contributed by atoms with E-state index in [2.05, 4.69) is 32.3 Å². The highest BCUT2D eigenvalue weighted by molar-refractivity contribution is 5.87. The summed E-state index contributed by atoms with van der Waals surface area (Å²) in [5, 5.41) is 8.30. The topological polar surface area (TPSA) is 67.1 Å². The van der Waals surface area contributed by atoms with E-state index in [4.69, 9.17) is 4.52 Å². The van der Waals surface area contributed by atoms with Gasteiger partial charge in [0.25, 0.3) is 5.71 Å². The number of hydrogen-bond acceptors (Lipinski definition) is 6. The fourth-order valence-corrected chi connectivity index (χ4v) is 2.27. The molecular formula is C11H15N5O. The van der Waals surface area contributed by atoms with Crippen LogP contribution in [-0.2, 0) is 0 Å². The Balaban J connectivity index is 2.07. The lowest BCUT2D eigenvalue weighted by Gasteiger charge is -2.32. The monoisotopic (exact) mass is 233 g/mol. The van der Waals surface area contributed by atoms with Crippen molar-refractivity contribution in [2.75, 3.05) is 24.5 Å². The van der Waals surface area contributed by atoms with Gasteiger partial charge in [0.2, 0.25) is 0 Å². The zero-order chi connectivity index (χ0) is 11.8. The summed E-state index contributed by atoms with van der Waals surface area (Å²) in [4.78, 5) is 10.7. The van der Waals surface area contributed by atoms with Gasteiger partial charge in [0, 0.05) is 25.7 Å². The van der Waals surface area contributed by atoms with Gasteiger partial charge in [-0.25, -0.2) is 4.98 Å². The lowest BCUT2D eigenvalue weighted by molar-refractivity contribution is 0.442. The minimum atomic E-state index is 0.467. The maximum Gasteiger partial charge on any atom is 0.263 e. The van der Waals surface area contributed by atoms with Crippen LogP contribution in [0.4, 0.5) is 5.82 Å². The number of nitrogens with zero attached hydrogens (tertiary/aromatic N) is 4. The first-order chi connectivity index (χ1) is 8.25. The maximum absolute atomic E-state index is 5.16. The van der Waals surface area contributed by atoms with Gasteiger partial charge in [-0.1, -0.05) is 5.16 Å². The van der Waals surface area contributed by atoms with Crippen LogP contribution in [0.1, 0.15) is 12.6 Å². The summed E-state index contributed by atoms with van der Waals surface area (Å²) in [5.41, 5.74) is 1.42. The van der Waals surface area contributed by atoms with Crippen LogP contribution in [0.25, 0.3) is 11.1 Å². The van der Waals surface area contributed by atoms with Crippen LogP contribution in [0.5, 0.6) is 0 Å². The highest BCUT2D eigenvalue weighted by Crippen LogP contribution is 2.26. The van der Waals surface area contributed by atoms with Crippen molar-refractivity contribution in [3.8, 4) is 0 Å². The van der Waals surface area contributed by atoms with Crippen molar-refractivity contribution in [2.24, 2.45) is 0 Å². The highest BCUT2D eigenvalue weighted by Gasteiger charge is 2.21. The smallest absolute Gasteiger partial charge is 0.263 e. The molecule has 0 amide bonds. The molecule has 0 spiro atoms. The fourth-order valence-electron chi connectivity index (χ4n) is 2.27. The number of aryl methyl sites for hydroxylation is 1. The summed E-state index contributed by atoms with van der Waals surface area (Å²) in [7, 11) is 0. The van der Waals surface area contributed by atoms with Gasteiger partial charge in [0.15, 0.2) is 0 Å². The molecule has 0 unspecified atom stereocenters. The molecule has 6 heteroatoms. The molecule has 17 heavy (non-hydrogen) atoms. The molecule has 2 aromatic rings. The van der Waals surface area contributed by atoms with Gasteiger partial charge in [-0.05, 0) is 13.8 Å². The second kappa shape index (κ2) is 3.96. The normalized spacial score (nSPS) is 21.1. The number of anilines is 1. The van der Waals surface area contributed by atoms with Gasteiger partial charge >= 0.3 is 0 Å². The Morgan fingerprint density at radius 2 is 2.35 bits per heavy atom. The first-order valence-electron chi connectivity index (χ1n) is 5.81.